The van der Waals surface area contributed by atoms with Crippen LogP contribution in [0.3, 0.4) is 0 Å². The molecule has 1 aromatic carbocycles. The largest absolute Gasteiger partial charge is 0.368 e. The van der Waals surface area contributed by atoms with E-state index in [0.29, 0.717) is 12.2 Å². The number of anilines is 1. The molecule has 0 radical (unpaired) electrons. The lowest BCUT2D eigenvalue weighted by molar-refractivity contribution is 0.792. The Bertz CT molecular complexity index is 525. The molecule has 4 nitrogen and oxygen atoms in total. The van der Waals surface area contributed by atoms with Crippen LogP contribution in [0.15, 0.2) is 24.3 Å². The highest BCUT2D eigenvalue weighted by atomic mass is 35.5. The summed E-state index contributed by atoms with van der Waals surface area (Å²) in [6, 6.07) is 7.63. The lowest BCUT2D eigenvalue weighted by atomic mass is 10.1. The number of nitrogens with zero attached hydrogens (tertiary/aromatic N) is 3. The second-order valence-electron chi connectivity index (χ2n) is 4.08. The first-order chi connectivity index (χ1) is 8.67. The number of benzene rings is 1. The Labute approximate surface area is 111 Å². The number of nitrogen functional groups attached to an aromatic ring is 1. The van der Waals surface area contributed by atoms with Gasteiger partial charge in [0.25, 0.3) is 0 Å². The van der Waals surface area contributed by atoms with Crippen LogP contribution in [0.25, 0.3) is 0 Å². The monoisotopic (exact) mass is 262 g/mol. The van der Waals surface area contributed by atoms with E-state index in [1.165, 1.54) is 0 Å². The van der Waals surface area contributed by atoms with E-state index in [2.05, 4.69) is 21.9 Å². The predicted octanol–water partition coefficient (Wildman–Crippen LogP) is 2.65. The van der Waals surface area contributed by atoms with Crippen LogP contribution in [0.2, 0.25) is 5.02 Å². The summed E-state index contributed by atoms with van der Waals surface area (Å²) in [5.41, 5.74) is 6.79. The molecule has 0 saturated heterocycles. The fourth-order valence-electron chi connectivity index (χ4n) is 1.69. The van der Waals surface area contributed by atoms with Gasteiger partial charge in [-0.15, -0.1) is 0 Å². The van der Waals surface area contributed by atoms with Crippen molar-refractivity contribution in [3.05, 3.63) is 46.5 Å². The molecule has 0 aliphatic rings. The Hall–Kier alpha value is -1.68. The molecule has 0 bridgehead atoms. The molecule has 2 aromatic rings. The molecule has 0 fully saturated rings. The van der Waals surface area contributed by atoms with Gasteiger partial charge in [0.1, 0.15) is 11.6 Å². The normalized spacial score (nSPS) is 10.6. The number of rotatable bonds is 4. The zero-order valence-electron chi connectivity index (χ0n) is 10.2. The average molecular weight is 263 g/mol. The zero-order chi connectivity index (χ0) is 13.0. The molecule has 94 valence electrons. The Kier molecular flexibility index (Phi) is 4.10. The van der Waals surface area contributed by atoms with Gasteiger partial charge in [-0.2, -0.15) is 9.97 Å². The molecule has 1 aromatic heterocycles. The van der Waals surface area contributed by atoms with Crippen molar-refractivity contribution in [1.82, 2.24) is 15.0 Å². The molecule has 18 heavy (non-hydrogen) atoms. The summed E-state index contributed by atoms with van der Waals surface area (Å²) >= 11 is 5.85. The minimum Gasteiger partial charge on any atom is -0.368 e. The number of halogens is 1. The van der Waals surface area contributed by atoms with Gasteiger partial charge in [-0.25, -0.2) is 4.98 Å². The minimum atomic E-state index is 0.289. The van der Waals surface area contributed by atoms with Crippen molar-refractivity contribution in [3.8, 4) is 0 Å². The summed E-state index contributed by atoms with van der Waals surface area (Å²) in [6.07, 6.45) is 2.45. The maximum atomic E-state index is 5.85. The second-order valence-corrected chi connectivity index (χ2v) is 4.52. The first-order valence-corrected chi connectivity index (χ1v) is 6.29. The van der Waals surface area contributed by atoms with Gasteiger partial charge in [0.05, 0.1) is 0 Å². The first kappa shape index (κ1) is 12.8. The van der Waals surface area contributed by atoms with Crippen molar-refractivity contribution in [3.63, 3.8) is 0 Å². The Morgan fingerprint density at radius 2 is 1.72 bits per heavy atom. The third-order valence-corrected chi connectivity index (χ3v) is 2.75. The molecule has 5 heteroatoms. The molecule has 0 unspecified atom stereocenters. The summed E-state index contributed by atoms with van der Waals surface area (Å²) in [5, 5.41) is 0.723. The molecular weight excluding hydrogens is 248 g/mol. The number of hydrogen-bond acceptors (Lipinski definition) is 4. The lowest BCUT2D eigenvalue weighted by Gasteiger charge is -2.04. The van der Waals surface area contributed by atoms with Gasteiger partial charge in [0.2, 0.25) is 5.95 Å². The lowest BCUT2D eigenvalue weighted by Crippen LogP contribution is -2.07. The molecule has 0 spiro atoms. The Morgan fingerprint density at radius 3 is 2.39 bits per heavy atom. The van der Waals surface area contributed by atoms with E-state index in [1.807, 2.05) is 24.3 Å². The van der Waals surface area contributed by atoms with Crippen LogP contribution < -0.4 is 5.73 Å². The summed E-state index contributed by atoms with van der Waals surface area (Å²) in [5.74, 6) is 1.75. The van der Waals surface area contributed by atoms with Crippen molar-refractivity contribution in [2.45, 2.75) is 26.2 Å². The van der Waals surface area contributed by atoms with E-state index in [0.717, 1.165) is 29.3 Å². The SMILES string of the molecule is CCCc1nc(N)nc(Cc2ccc(Cl)cc2)n1. The summed E-state index contributed by atoms with van der Waals surface area (Å²) < 4.78 is 0. The van der Waals surface area contributed by atoms with Crippen LogP contribution in [0.5, 0.6) is 0 Å². The minimum absolute atomic E-state index is 0.289. The molecule has 2 N–H and O–H groups in total. The Balaban J connectivity index is 2.20. The molecule has 2 rings (SSSR count). The van der Waals surface area contributed by atoms with Gasteiger partial charge in [0, 0.05) is 17.9 Å². The van der Waals surface area contributed by atoms with Gasteiger partial charge < -0.3 is 5.73 Å². The van der Waals surface area contributed by atoms with Gasteiger partial charge in [0.15, 0.2) is 0 Å². The van der Waals surface area contributed by atoms with Gasteiger partial charge in [-0.1, -0.05) is 30.7 Å². The Morgan fingerprint density at radius 1 is 1.06 bits per heavy atom. The number of hydrogen-bond donors (Lipinski definition) is 1. The van der Waals surface area contributed by atoms with Crippen LogP contribution in [0.4, 0.5) is 5.95 Å². The fraction of sp³-hybridized carbons (Fsp3) is 0.308. The van der Waals surface area contributed by atoms with Crippen LogP contribution in [-0.2, 0) is 12.8 Å². The topological polar surface area (TPSA) is 64.7 Å². The average Bonchev–Trinajstić information content (AvgIpc) is 2.32. The van der Waals surface area contributed by atoms with Gasteiger partial charge >= 0.3 is 0 Å². The highest BCUT2D eigenvalue weighted by Crippen LogP contribution is 2.12. The van der Waals surface area contributed by atoms with Crippen molar-refractivity contribution >= 4 is 17.5 Å². The smallest absolute Gasteiger partial charge is 0.223 e. The quantitative estimate of drug-likeness (QED) is 0.920. The highest BCUT2D eigenvalue weighted by Gasteiger charge is 2.05. The maximum absolute atomic E-state index is 5.85. The molecule has 1 heterocycles. The molecular formula is C13H15ClN4. The van der Waals surface area contributed by atoms with Crippen LogP contribution in [0.1, 0.15) is 30.6 Å². The fourth-order valence-corrected chi connectivity index (χ4v) is 1.81. The van der Waals surface area contributed by atoms with Crippen LogP contribution in [-0.4, -0.2) is 15.0 Å². The summed E-state index contributed by atoms with van der Waals surface area (Å²) in [7, 11) is 0. The zero-order valence-corrected chi connectivity index (χ0v) is 11.0. The third kappa shape index (κ3) is 3.40. The van der Waals surface area contributed by atoms with Crippen molar-refractivity contribution in [2.24, 2.45) is 0 Å². The number of aromatic nitrogens is 3. The van der Waals surface area contributed by atoms with Gasteiger partial charge in [-0.05, 0) is 24.1 Å². The van der Waals surface area contributed by atoms with Crippen molar-refractivity contribution in [1.29, 1.82) is 0 Å². The third-order valence-electron chi connectivity index (χ3n) is 2.49. The second kappa shape index (κ2) is 5.78. The first-order valence-electron chi connectivity index (χ1n) is 5.91. The summed E-state index contributed by atoms with van der Waals surface area (Å²) in [4.78, 5) is 12.7. The van der Waals surface area contributed by atoms with E-state index in [-0.39, 0.29) is 5.95 Å². The molecule has 0 aliphatic carbocycles. The van der Waals surface area contributed by atoms with E-state index >= 15 is 0 Å². The molecule has 0 aliphatic heterocycles. The molecule has 0 amide bonds. The highest BCUT2D eigenvalue weighted by molar-refractivity contribution is 6.30. The number of aryl methyl sites for hydroxylation is 1. The number of nitrogens with two attached hydrogens (primary N) is 1. The molecule has 0 saturated carbocycles. The molecule has 0 atom stereocenters. The van der Waals surface area contributed by atoms with E-state index < -0.39 is 0 Å². The maximum Gasteiger partial charge on any atom is 0.223 e. The predicted molar refractivity (Wildman–Crippen MR) is 72.5 cm³/mol. The van der Waals surface area contributed by atoms with Crippen LogP contribution >= 0.6 is 11.6 Å². The standard InChI is InChI=1S/C13H15ClN4/c1-2-3-11-16-12(18-13(15)17-11)8-9-4-6-10(14)7-5-9/h4-7H,2-3,8H2,1H3,(H2,15,16,17,18). The van der Waals surface area contributed by atoms with E-state index in [4.69, 9.17) is 17.3 Å². The van der Waals surface area contributed by atoms with E-state index in [1.54, 1.807) is 0 Å². The van der Waals surface area contributed by atoms with Crippen molar-refractivity contribution in [2.75, 3.05) is 5.73 Å². The van der Waals surface area contributed by atoms with Crippen LogP contribution in [0, 0.1) is 0 Å². The van der Waals surface area contributed by atoms with Crippen molar-refractivity contribution < 1.29 is 0 Å². The van der Waals surface area contributed by atoms with E-state index in [9.17, 15) is 0 Å². The van der Waals surface area contributed by atoms with Gasteiger partial charge in [-0.3, -0.25) is 0 Å². The summed E-state index contributed by atoms with van der Waals surface area (Å²) in [6.45, 7) is 2.08.